The third-order valence-electron chi connectivity index (χ3n) is 2.16. The van der Waals surface area contributed by atoms with Crippen LogP contribution in [0.2, 0.25) is 5.02 Å². The Balaban J connectivity index is 2.80. The Morgan fingerprint density at radius 2 is 2.18 bits per heavy atom. The summed E-state index contributed by atoms with van der Waals surface area (Å²) < 4.78 is 5.43. The molecule has 1 aromatic rings. The number of carbonyl (C=O) groups excluding carboxylic acids is 1. The molecule has 1 atom stereocenters. The number of carbonyl (C=O) groups is 1. The molecule has 0 saturated heterocycles. The molecule has 0 fully saturated rings. The minimum absolute atomic E-state index is 0.134. The molecular formula is C12H13ClN2O2. The van der Waals surface area contributed by atoms with Crippen LogP contribution in [-0.4, -0.2) is 31.0 Å². The zero-order valence-electron chi connectivity index (χ0n) is 9.90. The van der Waals surface area contributed by atoms with Crippen LogP contribution in [0.25, 0.3) is 0 Å². The maximum absolute atomic E-state index is 11.6. The van der Waals surface area contributed by atoms with Crippen LogP contribution in [0.15, 0.2) is 18.2 Å². The van der Waals surface area contributed by atoms with Gasteiger partial charge in [0.1, 0.15) is 11.8 Å². The molecule has 90 valence electrons. The van der Waals surface area contributed by atoms with Crippen LogP contribution < -0.4 is 4.74 Å². The van der Waals surface area contributed by atoms with E-state index in [0.717, 1.165) is 0 Å². The Morgan fingerprint density at radius 1 is 1.53 bits per heavy atom. The van der Waals surface area contributed by atoms with Gasteiger partial charge in [-0.2, -0.15) is 5.26 Å². The summed E-state index contributed by atoms with van der Waals surface area (Å²) in [5.74, 6) is 0.335. The Hall–Kier alpha value is -1.73. The van der Waals surface area contributed by atoms with Crippen LogP contribution >= 0.6 is 11.6 Å². The molecule has 0 aliphatic rings. The number of rotatable bonds is 3. The second kappa shape index (κ2) is 5.55. The molecule has 1 unspecified atom stereocenters. The highest BCUT2D eigenvalue weighted by Crippen LogP contribution is 2.22. The SMILES string of the molecule is CC(Oc1ccc(C#N)c(Cl)c1)C(=O)N(C)C. The third kappa shape index (κ3) is 3.36. The van der Waals surface area contributed by atoms with E-state index in [9.17, 15) is 4.79 Å². The first-order valence-corrected chi connectivity index (χ1v) is 5.41. The summed E-state index contributed by atoms with van der Waals surface area (Å²) in [6, 6.07) is 6.66. The molecule has 0 aromatic heterocycles. The van der Waals surface area contributed by atoms with Crippen molar-refractivity contribution < 1.29 is 9.53 Å². The van der Waals surface area contributed by atoms with Gasteiger partial charge in [-0.3, -0.25) is 4.79 Å². The smallest absolute Gasteiger partial charge is 0.262 e. The summed E-state index contributed by atoms with van der Waals surface area (Å²) in [5.41, 5.74) is 0.380. The van der Waals surface area contributed by atoms with Gasteiger partial charge in [0.05, 0.1) is 10.6 Å². The van der Waals surface area contributed by atoms with Crippen LogP contribution in [0, 0.1) is 11.3 Å². The lowest BCUT2D eigenvalue weighted by molar-refractivity contribution is -0.135. The number of ether oxygens (including phenoxy) is 1. The van der Waals surface area contributed by atoms with Gasteiger partial charge < -0.3 is 9.64 Å². The van der Waals surface area contributed by atoms with Crippen molar-refractivity contribution in [3.05, 3.63) is 28.8 Å². The monoisotopic (exact) mass is 252 g/mol. The number of amides is 1. The summed E-state index contributed by atoms with van der Waals surface area (Å²) in [4.78, 5) is 13.0. The summed E-state index contributed by atoms with van der Waals surface area (Å²) in [6.07, 6.45) is -0.589. The van der Waals surface area contributed by atoms with Crippen molar-refractivity contribution in [2.75, 3.05) is 14.1 Å². The van der Waals surface area contributed by atoms with E-state index in [0.29, 0.717) is 16.3 Å². The summed E-state index contributed by atoms with van der Waals surface area (Å²) >= 11 is 5.86. The lowest BCUT2D eigenvalue weighted by atomic mass is 10.2. The van der Waals surface area contributed by atoms with E-state index in [1.54, 1.807) is 33.2 Å². The minimum atomic E-state index is -0.589. The molecule has 0 aliphatic heterocycles. The van der Waals surface area contributed by atoms with E-state index in [4.69, 9.17) is 21.6 Å². The fourth-order valence-corrected chi connectivity index (χ4v) is 1.49. The molecule has 0 aliphatic carbocycles. The number of likely N-dealkylation sites (N-methyl/N-ethyl adjacent to an activating group) is 1. The highest BCUT2D eigenvalue weighted by Gasteiger charge is 2.16. The lowest BCUT2D eigenvalue weighted by Crippen LogP contribution is -2.35. The van der Waals surface area contributed by atoms with E-state index in [1.807, 2.05) is 6.07 Å². The predicted molar refractivity (Wildman–Crippen MR) is 65.0 cm³/mol. The zero-order valence-corrected chi connectivity index (χ0v) is 10.7. The molecule has 0 spiro atoms. The van der Waals surface area contributed by atoms with Gasteiger partial charge in [-0.1, -0.05) is 11.6 Å². The molecule has 1 rings (SSSR count). The highest BCUT2D eigenvalue weighted by molar-refractivity contribution is 6.31. The molecule has 0 radical (unpaired) electrons. The second-order valence-electron chi connectivity index (χ2n) is 3.75. The van der Waals surface area contributed by atoms with Gasteiger partial charge in [0, 0.05) is 20.2 Å². The zero-order chi connectivity index (χ0) is 13.0. The highest BCUT2D eigenvalue weighted by atomic mass is 35.5. The predicted octanol–water partition coefficient (Wildman–Crippen LogP) is 2.07. The van der Waals surface area contributed by atoms with Gasteiger partial charge in [-0.05, 0) is 19.1 Å². The molecule has 1 amide bonds. The average molecular weight is 253 g/mol. The van der Waals surface area contributed by atoms with E-state index < -0.39 is 6.10 Å². The van der Waals surface area contributed by atoms with Crippen molar-refractivity contribution in [3.63, 3.8) is 0 Å². The fraction of sp³-hybridized carbons (Fsp3) is 0.333. The molecule has 0 bridgehead atoms. The maximum Gasteiger partial charge on any atom is 0.262 e. The first-order chi connectivity index (χ1) is 7.95. The van der Waals surface area contributed by atoms with E-state index in [-0.39, 0.29) is 5.91 Å². The standard InChI is InChI=1S/C12H13ClN2O2/c1-8(12(16)15(2)3)17-10-5-4-9(7-14)11(13)6-10/h4-6,8H,1-3H3. The van der Waals surface area contributed by atoms with E-state index >= 15 is 0 Å². The van der Waals surface area contributed by atoms with Crippen molar-refractivity contribution in [1.82, 2.24) is 4.90 Å². The van der Waals surface area contributed by atoms with Crippen molar-refractivity contribution in [2.45, 2.75) is 13.0 Å². The van der Waals surface area contributed by atoms with Crippen molar-refractivity contribution in [2.24, 2.45) is 0 Å². The van der Waals surface area contributed by atoms with Crippen molar-refractivity contribution >= 4 is 17.5 Å². The third-order valence-corrected chi connectivity index (χ3v) is 2.48. The number of nitriles is 1. The number of hydrogen-bond donors (Lipinski definition) is 0. The van der Waals surface area contributed by atoms with Gasteiger partial charge >= 0.3 is 0 Å². The number of nitrogens with zero attached hydrogens (tertiary/aromatic N) is 2. The Labute approximate surface area is 105 Å². The first kappa shape index (κ1) is 13.3. The van der Waals surface area contributed by atoms with Gasteiger partial charge in [0.25, 0.3) is 5.91 Å². The van der Waals surface area contributed by atoms with Gasteiger partial charge in [-0.25, -0.2) is 0 Å². The van der Waals surface area contributed by atoms with Gasteiger partial charge in [-0.15, -0.1) is 0 Å². The second-order valence-corrected chi connectivity index (χ2v) is 4.15. The van der Waals surface area contributed by atoms with Crippen molar-refractivity contribution in [3.8, 4) is 11.8 Å². The number of halogens is 1. The largest absolute Gasteiger partial charge is 0.481 e. The van der Waals surface area contributed by atoms with Gasteiger partial charge in [0.15, 0.2) is 6.10 Å². The fourth-order valence-electron chi connectivity index (χ4n) is 1.28. The Morgan fingerprint density at radius 3 is 2.65 bits per heavy atom. The lowest BCUT2D eigenvalue weighted by Gasteiger charge is -2.18. The Bertz CT molecular complexity index is 466. The average Bonchev–Trinajstić information content (AvgIpc) is 2.28. The molecular weight excluding hydrogens is 240 g/mol. The molecule has 17 heavy (non-hydrogen) atoms. The molecule has 0 N–H and O–H groups in total. The topological polar surface area (TPSA) is 53.3 Å². The van der Waals surface area contributed by atoms with Crippen LogP contribution in [-0.2, 0) is 4.79 Å². The van der Waals surface area contributed by atoms with E-state index in [1.165, 1.54) is 11.0 Å². The molecule has 5 heteroatoms. The molecule has 1 aromatic carbocycles. The summed E-state index contributed by atoms with van der Waals surface area (Å²) in [6.45, 7) is 1.66. The number of benzene rings is 1. The van der Waals surface area contributed by atoms with Crippen LogP contribution in [0.3, 0.4) is 0 Å². The quantitative estimate of drug-likeness (QED) is 0.828. The summed E-state index contributed by atoms with van der Waals surface area (Å²) in [7, 11) is 3.32. The Kier molecular flexibility index (Phi) is 4.36. The minimum Gasteiger partial charge on any atom is -0.481 e. The molecule has 0 saturated carbocycles. The summed E-state index contributed by atoms with van der Waals surface area (Å²) in [5, 5.41) is 9.03. The van der Waals surface area contributed by atoms with Crippen LogP contribution in [0.5, 0.6) is 5.75 Å². The normalized spacial score (nSPS) is 11.5. The molecule has 0 heterocycles. The van der Waals surface area contributed by atoms with Crippen molar-refractivity contribution in [1.29, 1.82) is 5.26 Å². The molecule has 4 nitrogen and oxygen atoms in total. The first-order valence-electron chi connectivity index (χ1n) is 5.03. The van der Waals surface area contributed by atoms with Crippen LogP contribution in [0.4, 0.5) is 0 Å². The van der Waals surface area contributed by atoms with Crippen LogP contribution in [0.1, 0.15) is 12.5 Å². The van der Waals surface area contributed by atoms with Gasteiger partial charge in [0.2, 0.25) is 0 Å². The maximum atomic E-state index is 11.6. The number of hydrogen-bond acceptors (Lipinski definition) is 3. The van der Waals surface area contributed by atoms with E-state index in [2.05, 4.69) is 0 Å².